The summed E-state index contributed by atoms with van der Waals surface area (Å²) < 4.78 is 5.31. The van der Waals surface area contributed by atoms with E-state index in [1.807, 2.05) is 24.3 Å². The minimum atomic E-state index is -1.14. The van der Waals surface area contributed by atoms with Gasteiger partial charge in [0.05, 0.1) is 13.2 Å². The highest BCUT2D eigenvalue weighted by Gasteiger charge is 2.36. The molecule has 1 aromatic carbocycles. The molecule has 1 fully saturated rings. The third kappa shape index (κ3) is 5.29. The summed E-state index contributed by atoms with van der Waals surface area (Å²) in [4.78, 5) is 27.5. The van der Waals surface area contributed by atoms with Crippen molar-refractivity contribution < 1.29 is 14.3 Å². The number of carbonyl (C=O) groups excluding carboxylic acids is 2. The van der Waals surface area contributed by atoms with Crippen LogP contribution >= 0.6 is 0 Å². The molecule has 0 atom stereocenters. The minimum absolute atomic E-state index is 0.259. The monoisotopic (exact) mass is 361 g/mol. The maximum absolute atomic E-state index is 12.7. The maximum Gasteiger partial charge on any atom is 0.239 e. The molecule has 0 spiro atoms. The van der Waals surface area contributed by atoms with Gasteiger partial charge in [0.1, 0.15) is 5.41 Å². The second-order valence-electron chi connectivity index (χ2n) is 7.53. The lowest BCUT2D eigenvalue weighted by atomic mass is 9.90. The van der Waals surface area contributed by atoms with Crippen LogP contribution in [0.3, 0.4) is 0 Å². The number of para-hydroxylation sites is 1. The molecule has 0 aliphatic carbocycles. The van der Waals surface area contributed by atoms with Gasteiger partial charge < -0.3 is 15.4 Å². The zero-order valence-electron chi connectivity index (χ0n) is 16.3. The molecule has 2 rings (SSSR count). The van der Waals surface area contributed by atoms with Crippen molar-refractivity contribution in [3.63, 3.8) is 0 Å². The number of anilines is 1. The van der Waals surface area contributed by atoms with E-state index in [0.29, 0.717) is 6.54 Å². The van der Waals surface area contributed by atoms with E-state index in [9.17, 15) is 9.59 Å². The Hall–Kier alpha value is -1.92. The number of morpholine rings is 1. The largest absolute Gasteiger partial charge is 0.379 e. The lowest BCUT2D eigenvalue weighted by Crippen LogP contribution is -2.48. The topological polar surface area (TPSA) is 70.7 Å². The van der Waals surface area contributed by atoms with Crippen molar-refractivity contribution in [3.05, 3.63) is 29.8 Å². The molecular weight excluding hydrogens is 330 g/mol. The molecule has 26 heavy (non-hydrogen) atoms. The highest BCUT2D eigenvalue weighted by atomic mass is 16.5. The van der Waals surface area contributed by atoms with Crippen molar-refractivity contribution >= 4 is 17.5 Å². The van der Waals surface area contributed by atoms with Gasteiger partial charge in [0.15, 0.2) is 0 Å². The van der Waals surface area contributed by atoms with Crippen LogP contribution in [-0.2, 0) is 14.3 Å². The van der Waals surface area contributed by atoms with Gasteiger partial charge in [0, 0.05) is 31.9 Å². The normalized spacial score (nSPS) is 15.7. The van der Waals surface area contributed by atoms with Crippen molar-refractivity contribution in [2.75, 3.05) is 44.7 Å². The number of carbonyl (C=O) groups is 2. The van der Waals surface area contributed by atoms with Gasteiger partial charge in [-0.05, 0) is 31.4 Å². The number of rotatable bonds is 7. The summed E-state index contributed by atoms with van der Waals surface area (Å²) in [6.45, 7) is 12.0. The molecule has 6 heteroatoms. The lowest BCUT2D eigenvalue weighted by molar-refractivity contribution is -0.138. The lowest BCUT2D eigenvalue weighted by Gasteiger charge is -2.28. The predicted octanol–water partition coefficient (Wildman–Crippen LogP) is 2.22. The van der Waals surface area contributed by atoms with E-state index in [1.54, 1.807) is 13.8 Å². The molecule has 1 aromatic rings. The fraction of sp³-hybridized carbons (Fsp3) is 0.600. The fourth-order valence-corrected chi connectivity index (χ4v) is 2.87. The number of benzene rings is 1. The highest BCUT2D eigenvalue weighted by Crippen LogP contribution is 2.26. The zero-order valence-corrected chi connectivity index (χ0v) is 16.3. The molecule has 0 aromatic heterocycles. The molecule has 144 valence electrons. The number of nitrogens with zero attached hydrogens (tertiary/aromatic N) is 1. The first-order chi connectivity index (χ1) is 12.3. The van der Waals surface area contributed by atoms with Gasteiger partial charge in [-0.1, -0.05) is 32.0 Å². The molecule has 0 bridgehead atoms. The second-order valence-corrected chi connectivity index (χ2v) is 7.53. The zero-order chi connectivity index (χ0) is 19.2. The summed E-state index contributed by atoms with van der Waals surface area (Å²) in [5, 5.41) is 5.82. The summed E-state index contributed by atoms with van der Waals surface area (Å²) >= 11 is 0. The van der Waals surface area contributed by atoms with E-state index < -0.39 is 5.41 Å². The number of hydrogen-bond acceptors (Lipinski definition) is 4. The van der Waals surface area contributed by atoms with Gasteiger partial charge in [-0.3, -0.25) is 14.5 Å². The number of nitrogens with one attached hydrogen (secondary N) is 2. The molecule has 2 amide bonds. The van der Waals surface area contributed by atoms with Crippen LogP contribution in [-0.4, -0.2) is 56.1 Å². The molecule has 0 radical (unpaired) electrons. The van der Waals surface area contributed by atoms with Crippen LogP contribution in [0.1, 0.15) is 39.2 Å². The van der Waals surface area contributed by atoms with E-state index in [0.717, 1.165) is 44.1 Å². The van der Waals surface area contributed by atoms with Gasteiger partial charge in [0.2, 0.25) is 11.8 Å². The van der Waals surface area contributed by atoms with E-state index in [-0.39, 0.29) is 17.7 Å². The van der Waals surface area contributed by atoms with Crippen molar-refractivity contribution in [3.8, 4) is 0 Å². The number of hydrogen-bond donors (Lipinski definition) is 2. The Morgan fingerprint density at radius 3 is 2.46 bits per heavy atom. The quantitative estimate of drug-likeness (QED) is 0.731. The third-order valence-electron chi connectivity index (χ3n) is 4.78. The van der Waals surface area contributed by atoms with Gasteiger partial charge in [-0.2, -0.15) is 0 Å². The molecule has 2 N–H and O–H groups in total. The standard InChI is InChI=1S/C20H31N3O3/c1-15(2)16-7-5-6-8-17(16)22-19(25)20(3,4)18(24)21-9-10-23-11-13-26-14-12-23/h5-8,15H,9-14H2,1-4H3,(H,21,24)(H,22,25). The Balaban J connectivity index is 1.90. The first-order valence-electron chi connectivity index (χ1n) is 9.31. The van der Waals surface area contributed by atoms with Crippen molar-refractivity contribution in [2.24, 2.45) is 5.41 Å². The van der Waals surface area contributed by atoms with Gasteiger partial charge in [0.25, 0.3) is 0 Å². The highest BCUT2D eigenvalue weighted by molar-refractivity contribution is 6.10. The van der Waals surface area contributed by atoms with Gasteiger partial charge in [-0.15, -0.1) is 0 Å². The summed E-state index contributed by atoms with van der Waals surface area (Å²) in [6, 6.07) is 7.71. The second kappa shape index (κ2) is 9.14. The smallest absolute Gasteiger partial charge is 0.239 e. The Bertz CT molecular complexity index is 622. The summed E-state index contributed by atoms with van der Waals surface area (Å²) in [7, 11) is 0. The van der Waals surface area contributed by atoms with Gasteiger partial charge in [-0.25, -0.2) is 0 Å². The van der Waals surface area contributed by atoms with Crippen molar-refractivity contribution in [1.29, 1.82) is 0 Å². The Kier molecular flexibility index (Phi) is 7.17. The average Bonchev–Trinajstić information content (AvgIpc) is 2.62. The summed E-state index contributed by atoms with van der Waals surface area (Å²) in [5.41, 5.74) is 0.681. The van der Waals surface area contributed by atoms with Crippen LogP contribution in [0, 0.1) is 5.41 Å². The first-order valence-corrected chi connectivity index (χ1v) is 9.31. The minimum Gasteiger partial charge on any atom is -0.379 e. The Labute approximate surface area is 156 Å². The van der Waals surface area contributed by atoms with Crippen LogP contribution in [0.5, 0.6) is 0 Å². The van der Waals surface area contributed by atoms with E-state index >= 15 is 0 Å². The van der Waals surface area contributed by atoms with Crippen LogP contribution in [0.4, 0.5) is 5.69 Å². The third-order valence-corrected chi connectivity index (χ3v) is 4.78. The molecule has 1 saturated heterocycles. The van der Waals surface area contributed by atoms with Crippen LogP contribution in [0.15, 0.2) is 24.3 Å². The molecular formula is C20H31N3O3. The molecule has 0 unspecified atom stereocenters. The summed E-state index contributed by atoms with van der Waals surface area (Å²) in [6.07, 6.45) is 0. The number of ether oxygens (including phenoxy) is 1. The molecule has 6 nitrogen and oxygen atoms in total. The average molecular weight is 361 g/mol. The van der Waals surface area contributed by atoms with Crippen LogP contribution < -0.4 is 10.6 Å². The van der Waals surface area contributed by atoms with E-state index in [4.69, 9.17) is 4.74 Å². The molecule has 1 aliphatic rings. The Morgan fingerprint density at radius 1 is 1.15 bits per heavy atom. The fourth-order valence-electron chi connectivity index (χ4n) is 2.87. The SMILES string of the molecule is CC(C)c1ccccc1NC(=O)C(C)(C)C(=O)NCCN1CCOCC1. The molecule has 1 heterocycles. The van der Waals surface area contributed by atoms with Gasteiger partial charge >= 0.3 is 0 Å². The maximum atomic E-state index is 12.7. The summed E-state index contributed by atoms with van der Waals surface area (Å²) in [5.74, 6) is -0.267. The van der Waals surface area contributed by atoms with E-state index in [2.05, 4.69) is 29.4 Å². The number of amides is 2. The van der Waals surface area contributed by atoms with Crippen LogP contribution in [0.2, 0.25) is 0 Å². The molecule has 0 saturated carbocycles. The van der Waals surface area contributed by atoms with E-state index in [1.165, 1.54) is 0 Å². The Morgan fingerprint density at radius 2 is 1.81 bits per heavy atom. The van der Waals surface area contributed by atoms with Crippen molar-refractivity contribution in [2.45, 2.75) is 33.6 Å². The van der Waals surface area contributed by atoms with Crippen LogP contribution in [0.25, 0.3) is 0 Å². The van der Waals surface area contributed by atoms with Crippen molar-refractivity contribution in [1.82, 2.24) is 10.2 Å². The first kappa shape index (κ1) is 20.4. The molecule has 1 aliphatic heterocycles. The predicted molar refractivity (Wildman–Crippen MR) is 103 cm³/mol.